The molecule has 1 saturated heterocycles. The van der Waals surface area contributed by atoms with Gasteiger partial charge in [-0.25, -0.2) is 0 Å². The molecule has 0 bridgehead atoms. The van der Waals surface area contributed by atoms with Gasteiger partial charge in [-0.2, -0.15) is 0 Å². The quantitative estimate of drug-likeness (QED) is 0.568. The summed E-state index contributed by atoms with van der Waals surface area (Å²) in [7, 11) is 2.07. The highest BCUT2D eigenvalue weighted by Gasteiger charge is 2.39. The summed E-state index contributed by atoms with van der Waals surface area (Å²) in [6.07, 6.45) is 2.92. The van der Waals surface area contributed by atoms with E-state index in [0.29, 0.717) is 31.9 Å². The summed E-state index contributed by atoms with van der Waals surface area (Å²) >= 11 is 2.30. The summed E-state index contributed by atoms with van der Waals surface area (Å²) in [6, 6.07) is 8.39. The Hall–Kier alpha value is -1.16. The highest BCUT2D eigenvalue weighted by atomic mass is 127. The maximum atomic E-state index is 13.2. The number of ether oxygens (including phenoxy) is 2. The van der Waals surface area contributed by atoms with Crippen LogP contribution in [-0.2, 0) is 14.3 Å². The number of aliphatic hydroxyl groups is 1. The molecule has 160 valence electrons. The first-order valence-electron chi connectivity index (χ1n) is 10.4. The van der Waals surface area contributed by atoms with Crippen LogP contribution in [0.3, 0.4) is 0 Å². The number of hydrogen-bond acceptors (Lipinski definition) is 5. The van der Waals surface area contributed by atoms with E-state index in [2.05, 4.69) is 58.8 Å². The molecule has 1 fully saturated rings. The number of allylic oxidation sites excluding steroid dienone is 1. The predicted molar refractivity (Wildman–Crippen MR) is 120 cm³/mol. The maximum Gasteiger partial charge on any atom is 0.288 e. The third kappa shape index (κ3) is 5.71. The monoisotopic (exact) mass is 514 g/mol. The Morgan fingerprint density at radius 2 is 1.93 bits per heavy atom. The number of carbonyl (C=O) groups excluding carboxylic acids is 1. The first-order chi connectivity index (χ1) is 14.0. The van der Waals surface area contributed by atoms with Crippen LogP contribution in [0.5, 0.6) is 0 Å². The van der Waals surface area contributed by atoms with Crippen LogP contribution in [0.4, 0.5) is 0 Å². The zero-order chi connectivity index (χ0) is 20.8. The molecule has 0 radical (unpaired) electrons. The van der Waals surface area contributed by atoms with Crippen molar-refractivity contribution in [1.29, 1.82) is 0 Å². The molecule has 0 aromatic heterocycles. The van der Waals surface area contributed by atoms with Crippen LogP contribution in [0.2, 0.25) is 0 Å². The van der Waals surface area contributed by atoms with Gasteiger partial charge in [0.15, 0.2) is 5.76 Å². The summed E-state index contributed by atoms with van der Waals surface area (Å²) in [5.41, 5.74) is 1.14. The van der Waals surface area contributed by atoms with Crippen LogP contribution < -0.4 is 0 Å². The second-order valence-electron chi connectivity index (χ2n) is 7.68. The van der Waals surface area contributed by atoms with Crippen LogP contribution in [0.25, 0.3) is 0 Å². The number of likely N-dealkylation sites (N-methyl/N-ethyl adjacent to an activating group) is 1. The Morgan fingerprint density at radius 1 is 1.24 bits per heavy atom. The second kappa shape index (κ2) is 10.7. The summed E-state index contributed by atoms with van der Waals surface area (Å²) in [4.78, 5) is 17.3. The van der Waals surface area contributed by atoms with E-state index < -0.39 is 6.29 Å². The van der Waals surface area contributed by atoms with Crippen molar-refractivity contribution in [3.05, 3.63) is 45.2 Å². The molecule has 1 aromatic rings. The normalized spacial score (nSPS) is 25.4. The molecule has 1 aromatic carbocycles. The Kier molecular flexibility index (Phi) is 8.35. The molecular weight excluding hydrogens is 483 g/mol. The molecular formula is C22H31IN2O4. The summed E-state index contributed by atoms with van der Waals surface area (Å²) in [5, 5.41) is 9.38. The van der Waals surface area contributed by atoms with Crippen molar-refractivity contribution in [2.75, 3.05) is 46.4 Å². The Morgan fingerprint density at radius 3 is 2.55 bits per heavy atom. The number of hydrogen-bond donors (Lipinski definition) is 1. The number of benzene rings is 1. The first kappa shape index (κ1) is 22.5. The zero-order valence-corrected chi connectivity index (χ0v) is 19.4. The van der Waals surface area contributed by atoms with Gasteiger partial charge in [-0.3, -0.25) is 4.79 Å². The Bertz CT molecular complexity index is 701. The smallest absolute Gasteiger partial charge is 0.288 e. The van der Waals surface area contributed by atoms with E-state index >= 15 is 0 Å². The van der Waals surface area contributed by atoms with Crippen molar-refractivity contribution in [3.8, 4) is 0 Å². The molecule has 0 unspecified atom stereocenters. The molecule has 0 saturated carbocycles. The van der Waals surface area contributed by atoms with Gasteiger partial charge in [0.25, 0.3) is 5.91 Å². The van der Waals surface area contributed by atoms with Crippen LogP contribution in [0.1, 0.15) is 31.2 Å². The number of carbonyl (C=O) groups is 1. The van der Waals surface area contributed by atoms with Crippen LogP contribution in [0, 0.1) is 9.49 Å². The molecule has 7 heteroatoms. The lowest BCUT2D eigenvalue weighted by Crippen LogP contribution is -2.49. The van der Waals surface area contributed by atoms with E-state index in [0.717, 1.165) is 25.1 Å². The minimum atomic E-state index is -0.493. The van der Waals surface area contributed by atoms with Crippen molar-refractivity contribution < 1.29 is 19.4 Å². The zero-order valence-electron chi connectivity index (χ0n) is 17.2. The van der Waals surface area contributed by atoms with E-state index in [4.69, 9.17) is 9.47 Å². The summed E-state index contributed by atoms with van der Waals surface area (Å²) in [6.45, 7) is 5.73. The highest BCUT2D eigenvalue weighted by molar-refractivity contribution is 14.1. The second-order valence-corrected chi connectivity index (χ2v) is 8.92. The molecule has 0 aliphatic carbocycles. The number of aliphatic hydroxyl groups excluding tert-OH is 1. The van der Waals surface area contributed by atoms with Crippen LogP contribution in [0.15, 0.2) is 36.1 Å². The van der Waals surface area contributed by atoms with Gasteiger partial charge in [0, 0.05) is 54.8 Å². The highest BCUT2D eigenvalue weighted by Crippen LogP contribution is 2.39. The van der Waals surface area contributed by atoms with Gasteiger partial charge >= 0.3 is 0 Å². The van der Waals surface area contributed by atoms with E-state index in [1.807, 2.05) is 17.9 Å². The van der Waals surface area contributed by atoms with Gasteiger partial charge in [0.05, 0.1) is 0 Å². The molecule has 2 heterocycles. The molecule has 1 N–H and O–H groups in total. The predicted octanol–water partition coefficient (Wildman–Crippen LogP) is 2.81. The average Bonchev–Trinajstić information content (AvgIpc) is 2.73. The largest absolute Gasteiger partial charge is 0.459 e. The van der Waals surface area contributed by atoms with Gasteiger partial charge < -0.3 is 24.4 Å². The average molecular weight is 514 g/mol. The van der Waals surface area contributed by atoms with E-state index in [1.165, 1.54) is 3.57 Å². The van der Waals surface area contributed by atoms with Gasteiger partial charge in [-0.05, 0) is 73.2 Å². The van der Waals surface area contributed by atoms with E-state index in [9.17, 15) is 9.90 Å². The molecule has 29 heavy (non-hydrogen) atoms. The number of halogens is 1. The fraction of sp³-hybridized carbons (Fsp3) is 0.591. The van der Waals surface area contributed by atoms with Crippen molar-refractivity contribution in [2.45, 2.75) is 32.0 Å². The Labute approximate surface area is 187 Å². The standard InChI is InChI=1S/C22H31IN2O4/c1-3-28-22-18(5-4-14-26)19(16-6-8-17(23)9-7-16)15-20(29-22)21(27)25-12-10-24(2)11-13-25/h6-9,15,18-19,22,26H,3-5,10-14H2,1-2H3/t18-,19-,22-/m0/s1. The molecule has 2 aliphatic rings. The SMILES string of the molecule is CCO[C@H]1OC(C(=O)N2CCN(C)CC2)=C[C@@H](c2ccc(I)cc2)[C@@H]1CCCO. The van der Waals surface area contributed by atoms with Crippen LogP contribution in [-0.4, -0.2) is 73.5 Å². The lowest BCUT2D eigenvalue weighted by atomic mass is 9.80. The van der Waals surface area contributed by atoms with E-state index in [-0.39, 0.29) is 24.3 Å². The number of piperazine rings is 1. The lowest BCUT2D eigenvalue weighted by molar-refractivity contribution is -0.170. The minimum Gasteiger partial charge on any atom is -0.459 e. The molecule has 3 rings (SSSR count). The van der Waals surface area contributed by atoms with Gasteiger partial charge in [0.1, 0.15) is 0 Å². The Balaban J connectivity index is 1.90. The summed E-state index contributed by atoms with van der Waals surface area (Å²) < 4.78 is 13.2. The van der Waals surface area contributed by atoms with Crippen molar-refractivity contribution in [1.82, 2.24) is 9.80 Å². The number of nitrogens with zero attached hydrogens (tertiary/aromatic N) is 2. The number of rotatable bonds is 7. The van der Waals surface area contributed by atoms with Gasteiger partial charge in [-0.1, -0.05) is 12.1 Å². The molecule has 0 spiro atoms. The fourth-order valence-corrected chi connectivity index (χ4v) is 4.35. The maximum absolute atomic E-state index is 13.2. The first-order valence-corrected chi connectivity index (χ1v) is 11.5. The van der Waals surface area contributed by atoms with Crippen molar-refractivity contribution >= 4 is 28.5 Å². The minimum absolute atomic E-state index is 0.00950. The topological polar surface area (TPSA) is 62.2 Å². The van der Waals surface area contributed by atoms with Crippen molar-refractivity contribution in [2.24, 2.45) is 5.92 Å². The summed E-state index contributed by atoms with van der Waals surface area (Å²) in [5.74, 6) is 0.386. The molecule has 3 atom stereocenters. The van der Waals surface area contributed by atoms with Crippen LogP contribution >= 0.6 is 22.6 Å². The van der Waals surface area contributed by atoms with Gasteiger partial charge in [0.2, 0.25) is 6.29 Å². The van der Waals surface area contributed by atoms with E-state index in [1.54, 1.807) is 0 Å². The molecule has 2 aliphatic heterocycles. The molecule has 1 amide bonds. The number of amides is 1. The third-order valence-corrected chi connectivity index (χ3v) is 6.39. The lowest BCUT2D eigenvalue weighted by Gasteiger charge is -2.39. The molecule has 6 nitrogen and oxygen atoms in total. The van der Waals surface area contributed by atoms with Gasteiger partial charge in [-0.15, -0.1) is 0 Å². The third-order valence-electron chi connectivity index (χ3n) is 5.67. The fourth-order valence-electron chi connectivity index (χ4n) is 3.99. The van der Waals surface area contributed by atoms with Crippen molar-refractivity contribution in [3.63, 3.8) is 0 Å².